The fraction of sp³-hybridized carbons (Fsp3) is 0.500. The summed E-state index contributed by atoms with van der Waals surface area (Å²) in [4.78, 5) is 12.1. The zero-order valence-electron chi connectivity index (χ0n) is 10.4. The molecule has 0 saturated carbocycles. The lowest BCUT2D eigenvalue weighted by atomic mass is 9.96. The normalized spacial score (nSPS) is 17.3. The number of piperidine rings is 1. The quantitative estimate of drug-likeness (QED) is 0.593. The van der Waals surface area contributed by atoms with Crippen molar-refractivity contribution in [3.8, 4) is 0 Å². The van der Waals surface area contributed by atoms with Crippen LogP contribution in [0.1, 0.15) is 12.8 Å². The van der Waals surface area contributed by atoms with Gasteiger partial charge in [0.15, 0.2) is 0 Å². The van der Waals surface area contributed by atoms with Gasteiger partial charge in [-0.15, -0.1) is 0 Å². The highest BCUT2D eigenvalue weighted by atomic mass is 79.9. The van der Waals surface area contributed by atoms with Gasteiger partial charge in [0.2, 0.25) is 0 Å². The monoisotopic (exact) mass is 352 g/mol. The zero-order valence-corrected chi connectivity index (χ0v) is 11.9. The third kappa shape index (κ3) is 3.05. The number of alkyl halides is 3. The molecular weight excluding hydrogens is 341 g/mol. The van der Waals surface area contributed by atoms with Crippen molar-refractivity contribution in [1.29, 1.82) is 0 Å². The van der Waals surface area contributed by atoms with Crippen molar-refractivity contribution >= 4 is 27.3 Å². The van der Waals surface area contributed by atoms with E-state index in [9.17, 15) is 23.3 Å². The molecule has 0 aromatic heterocycles. The number of para-hydroxylation sites is 1. The predicted octanol–water partition coefficient (Wildman–Crippen LogP) is 4.14. The highest BCUT2D eigenvalue weighted by Gasteiger charge is 2.41. The van der Waals surface area contributed by atoms with Crippen LogP contribution < -0.4 is 4.90 Å². The Labute approximate surface area is 121 Å². The Morgan fingerprint density at radius 2 is 1.90 bits per heavy atom. The summed E-state index contributed by atoms with van der Waals surface area (Å²) in [6, 6.07) is 4.54. The first-order valence-corrected chi connectivity index (χ1v) is 6.84. The molecule has 1 aliphatic rings. The van der Waals surface area contributed by atoms with E-state index in [1.165, 1.54) is 12.1 Å². The van der Waals surface area contributed by atoms with E-state index in [4.69, 9.17) is 0 Å². The summed E-state index contributed by atoms with van der Waals surface area (Å²) in [5, 5.41) is 11.0. The van der Waals surface area contributed by atoms with Gasteiger partial charge in [0.05, 0.1) is 10.8 Å². The van der Waals surface area contributed by atoms with Crippen LogP contribution in [0.3, 0.4) is 0 Å². The molecule has 1 aliphatic heterocycles. The van der Waals surface area contributed by atoms with E-state index in [0.29, 0.717) is 10.2 Å². The van der Waals surface area contributed by atoms with Gasteiger partial charge in [0, 0.05) is 23.6 Å². The van der Waals surface area contributed by atoms with E-state index < -0.39 is 17.0 Å². The van der Waals surface area contributed by atoms with Gasteiger partial charge in [-0.1, -0.05) is 6.07 Å². The molecule has 1 aromatic rings. The average Bonchev–Trinajstić information content (AvgIpc) is 2.37. The first-order valence-electron chi connectivity index (χ1n) is 6.05. The van der Waals surface area contributed by atoms with Gasteiger partial charge in [-0.3, -0.25) is 10.1 Å². The van der Waals surface area contributed by atoms with Crippen LogP contribution in [0.5, 0.6) is 0 Å². The Bertz CT molecular complexity index is 514. The molecule has 0 aliphatic carbocycles. The van der Waals surface area contributed by atoms with Gasteiger partial charge < -0.3 is 4.90 Å². The van der Waals surface area contributed by atoms with Crippen molar-refractivity contribution in [2.24, 2.45) is 5.92 Å². The van der Waals surface area contributed by atoms with Crippen molar-refractivity contribution in [1.82, 2.24) is 0 Å². The molecular formula is C12H12BrF3N2O2. The molecule has 2 rings (SSSR count). The molecule has 0 bridgehead atoms. The maximum absolute atomic E-state index is 12.6. The van der Waals surface area contributed by atoms with Crippen LogP contribution in [-0.4, -0.2) is 24.2 Å². The van der Waals surface area contributed by atoms with Crippen LogP contribution in [0.25, 0.3) is 0 Å². The fourth-order valence-electron chi connectivity index (χ4n) is 2.39. The van der Waals surface area contributed by atoms with Crippen molar-refractivity contribution in [3.05, 3.63) is 32.8 Å². The summed E-state index contributed by atoms with van der Waals surface area (Å²) in [5.41, 5.74) is 0.267. The van der Waals surface area contributed by atoms with Gasteiger partial charge in [-0.25, -0.2) is 0 Å². The van der Waals surface area contributed by atoms with Crippen molar-refractivity contribution in [3.63, 3.8) is 0 Å². The van der Waals surface area contributed by atoms with Gasteiger partial charge in [-0.2, -0.15) is 13.2 Å². The Balaban J connectivity index is 2.21. The Morgan fingerprint density at radius 1 is 1.30 bits per heavy atom. The van der Waals surface area contributed by atoms with Crippen molar-refractivity contribution in [2.75, 3.05) is 18.0 Å². The molecule has 4 nitrogen and oxygen atoms in total. The molecule has 0 spiro atoms. The molecule has 0 radical (unpaired) electrons. The largest absolute Gasteiger partial charge is 0.391 e. The Morgan fingerprint density at radius 3 is 2.40 bits per heavy atom. The topological polar surface area (TPSA) is 46.4 Å². The predicted molar refractivity (Wildman–Crippen MR) is 71.8 cm³/mol. The summed E-state index contributed by atoms with van der Waals surface area (Å²) in [6.07, 6.45) is -4.27. The van der Waals surface area contributed by atoms with Crippen molar-refractivity contribution in [2.45, 2.75) is 19.0 Å². The lowest BCUT2D eigenvalue weighted by molar-refractivity contribution is -0.384. The van der Waals surface area contributed by atoms with E-state index in [-0.39, 0.29) is 31.6 Å². The summed E-state index contributed by atoms with van der Waals surface area (Å²) in [7, 11) is 0. The van der Waals surface area contributed by atoms with Gasteiger partial charge in [0.1, 0.15) is 5.69 Å². The van der Waals surface area contributed by atoms with Gasteiger partial charge >= 0.3 is 6.18 Å². The summed E-state index contributed by atoms with van der Waals surface area (Å²) in [5.74, 6) is -1.32. The van der Waals surface area contributed by atoms with E-state index in [0.717, 1.165) is 0 Å². The molecule has 0 unspecified atom stereocenters. The van der Waals surface area contributed by atoms with Crippen LogP contribution in [0.15, 0.2) is 22.7 Å². The van der Waals surface area contributed by atoms with E-state index in [1.807, 2.05) is 0 Å². The number of anilines is 1. The minimum atomic E-state index is -4.19. The number of nitro groups is 1. The van der Waals surface area contributed by atoms with Crippen LogP contribution in [0.2, 0.25) is 0 Å². The minimum absolute atomic E-state index is 0.0397. The standard InChI is InChI=1S/C12H12BrF3N2O2/c13-9-2-1-3-10(18(19)20)11(9)17-6-4-8(5-7-17)12(14,15)16/h1-3,8H,4-7H2. The molecule has 1 aromatic carbocycles. The molecule has 8 heteroatoms. The SMILES string of the molecule is O=[N+]([O-])c1cccc(Br)c1N1CCC(C(F)(F)F)CC1. The third-order valence-corrected chi connectivity index (χ3v) is 4.08. The molecule has 1 saturated heterocycles. The maximum atomic E-state index is 12.6. The van der Waals surface area contributed by atoms with E-state index >= 15 is 0 Å². The minimum Gasteiger partial charge on any atom is -0.365 e. The van der Waals surface area contributed by atoms with Gasteiger partial charge in [0.25, 0.3) is 5.69 Å². The second-order valence-corrected chi connectivity index (χ2v) is 5.52. The van der Waals surface area contributed by atoms with Crippen LogP contribution in [0, 0.1) is 16.0 Å². The number of hydrogen-bond donors (Lipinski definition) is 0. The smallest absolute Gasteiger partial charge is 0.365 e. The number of nitro benzene ring substituents is 1. The number of hydrogen-bond acceptors (Lipinski definition) is 3. The molecule has 0 amide bonds. The van der Waals surface area contributed by atoms with E-state index in [1.54, 1.807) is 11.0 Å². The van der Waals surface area contributed by atoms with E-state index in [2.05, 4.69) is 15.9 Å². The molecule has 0 N–H and O–H groups in total. The molecule has 20 heavy (non-hydrogen) atoms. The highest BCUT2D eigenvalue weighted by molar-refractivity contribution is 9.10. The molecule has 110 valence electrons. The summed E-state index contributed by atoms with van der Waals surface area (Å²) in [6.45, 7) is 0.321. The zero-order chi connectivity index (χ0) is 14.9. The third-order valence-electron chi connectivity index (χ3n) is 3.44. The van der Waals surface area contributed by atoms with Gasteiger partial charge in [-0.05, 0) is 34.8 Å². The maximum Gasteiger partial charge on any atom is 0.391 e. The number of rotatable bonds is 2. The van der Waals surface area contributed by atoms with Crippen LogP contribution in [-0.2, 0) is 0 Å². The Kier molecular flexibility index (Phi) is 4.22. The number of nitrogens with zero attached hydrogens (tertiary/aromatic N) is 2. The van der Waals surface area contributed by atoms with Crippen molar-refractivity contribution < 1.29 is 18.1 Å². The summed E-state index contributed by atoms with van der Waals surface area (Å²) >= 11 is 3.24. The fourth-order valence-corrected chi connectivity index (χ4v) is 3.00. The van der Waals surface area contributed by atoms with Crippen LogP contribution >= 0.6 is 15.9 Å². The molecule has 0 atom stereocenters. The first-order chi connectivity index (χ1) is 9.30. The van der Waals surface area contributed by atoms with Crippen LogP contribution in [0.4, 0.5) is 24.5 Å². The lowest BCUT2D eigenvalue weighted by Gasteiger charge is -2.34. The second kappa shape index (κ2) is 5.59. The molecule has 1 heterocycles. The molecule has 1 fully saturated rings. The average molecular weight is 353 g/mol. The highest BCUT2D eigenvalue weighted by Crippen LogP contribution is 2.40. The second-order valence-electron chi connectivity index (χ2n) is 4.67. The Hall–Kier alpha value is -1.31. The first kappa shape index (κ1) is 15.1. The summed E-state index contributed by atoms with van der Waals surface area (Å²) < 4.78 is 38.4. The number of benzene rings is 1. The lowest BCUT2D eigenvalue weighted by Crippen LogP contribution is -2.39. The number of halogens is 4.